The fourth-order valence-electron chi connectivity index (χ4n) is 4.85. The molecule has 3 aromatic rings. The predicted octanol–water partition coefficient (Wildman–Crippen LogP) is 3.42. The molecule has 0 aliphatic carbocycles. The second-order valence-corrected chi connectivity index (χ2v) is 8.51. The minimum atomic E-state index is -0.217. The molecule has 7 heteroatoms. The molecule has 0 bridgehead atoms. The number of nitrogens with two attached hydrogens (primary N) is 1. The van der Waals surface area contributed by atoms with Crippen molar-refractivity contribution in [1.29, 1.82) is 0 Å². The molecule has 4 N–H and O–H groups in total. The lowest BCUT2D eigenvalue weighted by atomic mass is 9.82. The maximum absolute atomic E-state index is 13.0. The van der Waals surface area contributed by atoms with E-state index in [-0.39, 0.29) is 18.1 Å². The maximum Gasteiger partial charge on any atom is 0.253 e. The van der Waals surface area contributed by atoms with Gasteiger partial charge < -0.3 is 30.4 Å². The lowest BCUT2D eigenvalue weighted by Gasteiger charge is -2.46. The van der Waals surface area contributed by atoms with Gasteiger partial charge in [0.2, 0.25) is 0 Å². The highest BCUT2D eigenvalue weighted by Gasteiger charge is 2.42. The van der Waals surface area contributed by atoms with Gasteiger partial charge in [0.15, 0.2) is 0 Å². The standard InChI is InChI=1S/C25H27N3O3.CH5N/c1-17-13-23-25(26-21-14-20(31-2)7-8-22(21)28(23)15-17)9-11-27(12-10-25)24(30)19-5-3-18(16-29)4-6-19;1-2/h3-8,13-15,26,29H,9-12,16H2,1-2H3;2H2,1H3. The molecule has 0 atom stereocenters. The Morgan fingerprint density at radius 1 is 1.12 bits per heavy atom. The average molecular weight is 449 g/mol. The topological polar surface area (TPSA) is 92.8 Å². The zero-order valence-corrected chi connectivity index (χ0v) is 19.5. The number of fused-ring (bicyclic) bond motifs is 4. The Morgan fingerprint density at radius 2 is 1.82 bits per heavy atom. The average Bonchev–Trinajstić information content (AvgIpc) is 3.28. The van der Waals surface area contributed by atoms with Crippen LogP contribution in [-0.4, -0.2) is 47.7 Å². The van der Waals surface area contributed by atoms with E-state index < -0.39 is 0 Å². The number of ether oxygens (including phenoxy) is 1. The van der Waals surface area contributed by atoms with Gasteiger partial charge >= 0.3 is 0 Å². The van der Waals surface area contributed by atoms with Gasteiger partial charge in [-0.25, -0.2) is 0 Å². The number of hydrogen-bond donors (Lipinski definition) is 3. The molecule has 0 unspecified atom stereocenters. The molecule has 174 valence electrons. The number of likely N-dealkylation sites (tertiary alicyclic amines) is 1. The molecule has 1 saturated heterocycles. The van der Waals surface area contributed by atoms with E-state index in [0.29, 0.717) is 18.7 Å². The molecule has 2 aliphatic heterocycles. The van der Waals surface area contributed by atoms with Gasteiger partial charge in [-0.05, 0) is 68.3 Å². The van der Waals surface area contributed by atoms with E-state index in [4.69, 9.17) is 4.74 Å². The van der Waals surface area contributed by atoms with Crippen LogP contribution in [0, 0.1) is 6.92 Å². The summed E-state index contributed by atoms with van der Waals surface area (Å²) in [6, 6.07) is 15.6. The second kappa shape index (κ2) is 9.29. The number of benzene rings is 2. The number of piperidine rings is 1. The Bertz CT molecular complexity index is 1130. The Balaban J connectivity index is 0.00000126. The molecule has 1 spiro atoms. The molecule has 2 aliphatic rings. The van der Waals surface area contributed by atoms with E-state index in [1.807, 2.05) is 11.0 Å². The summed E-state index contributed by atoms with van der Waals surface area (Å²) in [7, 11) is 3.18. The van der Waals surface area contributed by atoms with Crippen molar-refractivity contribution < 1.29 is 14.6 Å². The summed E-state index contributed by atoms with van der Waals surface area (Å²) in [5, 5.41) is 13.0. The number of nitrogens with zero attached hydrogens (tertiary/aromatic N) is 2. The van der Waals surface area contributed by atoms with Gasteiger partial charge in [-0.15, -0.1) is 0 Å². The first-order valence-electron chi connectivity index (χ1n) is 11.3. The lowest BCUT2D eigenvalue weighted by molar-refractivity contribution is 0.0676. The molecule has 5 rings (SSSR count). The zero-order valence-electron chi connectivity index (χ0n) is 19.5. The summed E-state index contributed by atoms with van der Waals surface area (Å²) in [5.41, 5.74) is 10.4. The van der Waals surface area contributed by atoms with Crippen LogP contribution in [0.3, 0.4) is 0 Å². The fraction of sp³-hybridized carbons (Fsp3) is 0.346. The molecular formula is C26H32N4O3. The third kappa shape index (κ3) is 4.10. The van der Waals surface area contributed by atoms with Crippen molar-refractivity contribution in [2.24, 2.45) is 5.73 Å². The van der Waals surface area contributed by atoms with Crippen LogP contribution in [-0.2, 0) is 12.1 Å². The first-order chi connectivity index (χ1) is 16.0. The van der Waals surface area contributed by atoms with E-state index in [1.165, 1.54) is 18.3 Å². The Hall–Kier alpha value is -3.29. The quantitative estimate of drug-likeness (QED) is 0.571. The normalized spacial score (nSPS) is 15.6. The molecule has 2 aromatic carbocycles. The number of aryl methyl sites for hydroxylation is 1. The van der Waals surface area contributed by atoms with Gasteiger partial charge in [0.05, 0.1) is 30.6 Å². The summed E-state index contributed by atoms with van der Waals surface area (Å²) < 4.78 is 7.73. The van der Waals surface area contributed by atoms with Gasteiger partial charge in [-0.2, -0.15) is 0 Å². The van der Waals surface area contributed by atoms with Crippen LogP contribution in [0.1, 0.15) is 40.0 Å². The fourth-order valence-corrected chi connectivity index (χ4v) is 4.85. The van der Waals surface area contributed by atoms with E-state index >= 15 is 0 Å². The Labute approximate surface area is 194 Å². The second-order valence-electron chi connectivity index (χ2n) is 8.51. The van der Waals surface area contributed by atoms with Gasteiger partial charge in [0.1, 0.15) is 5.75 Å². The number of carbonyl (C=O) groups excluding carboxylic acids is 1. The van der Waals surface area contributed by atoms with Gasteiger partial charge in [0.25, 0.3) is 5.91 Å². The van der Waals surface area contributed by atoms with Crippen LogP contribution in [0.15, 0.2) is 54.7 Å². The Morgan fingerprint density at radius 3 is 2.45 bits per heavy atom. The van der Waals surface area contributed by atoms with Gasteiger partial charge in [-0.3, -0.25) is 4.79 Å². The SMILES string of the molecule is CN.COc1ccc2c(c1)NC1(CCN(C(=O)c3ccc(CO)cc3)CC1)c1cc(C)cn1-2. The smallest absolute Gasteiger partial charge is 0.253 e. The van der Waals surface area contributed by atoms with Crippen molar-refractivity contribution in [1.82, 2.24) is 9.47 Å². The summed E-state index contributed by atoms with van der Waals surface area (Å²) >= 11 is 0. The lowest BCUT2D eigenvalue weighted by Crippen LogP contribution is -2.51. The number of anilines is 1. The number of nitrogens with one attached hydrogen (secondary N) is 1. The van der Waals surface area contributed by atoms with E-state index in [0.717, 1.165) is 35.5 Å². The van der Waals surface area contributed by atoms with Gasteiger partial charge in [-0.1, -0.05) is 12.1 Å². The molecule has 1 aromatic heterocycles. The van der Waals surface area contributed by atoms with E-state index in [9.17, 15) is 9.90 Å². The van der Waals surface area contributed by atoms with Crippen molar-refractivity contribution in [3.05, 3.63) is 77.1 Å². The number of aliphatic hydroxyl groups is 1. The molecular weight excluding hydrogens is 416 g/mol. The van der Waals surface area contributed by atoms with Crippen molar-refractivity contribution in [3.63, 3.8) is 0 Å². The maximum atomic E-state index is 13.0. The van der Waals surface area contributed by atoms with Crippen molar-refractivity contribution >= 4 is 11.6 Å². The molecule has 33 heavy (non-hydrogen) atoms. The summed E-state index contributed by atoms with van der Waals surface area (Å²) in [6.45, 7) is 3.46. The van der Waals surface area contributed by atoms with Crippen LogP contribution in [0.2, 0.25) is 0 Å². The van der Waals surface area contributed by atoms with E-state index in [2.05, 4.69) is 46.9 Å². The minimum Gasteiger partial charge on any atom is -0.497 e. The first-order valence-corrected chi connectivity index (χ1v) is 11.3. The van der Waals surface area contributed by atoms with Crippen molar-refractivity contribution in [3.8, 4) is 11.4 Å². The molecule has 0 saturated carbocycles. The van der Waals surface area contributed by atoms with Gasteiger partial charge in [0, 0.05) is 36.6 Å². The largest absolute Gasteiger partial charge is 0.497 e. The highest BCUT2D eigenvalue weighted by atomic mass is 16.5. The molecule has 1 fully saturated rings. The number of carbonyl (C=O) groups is 1. The number of amides is 1. The third-order valence-electron chi connectivity index (χ3n) is 6.57. The monoisotopic (exact) mass is 448 g/mol. The zero-order chi connectivity index (χ0) is 23.6. The highest BCUT2D eigenvalue weighted by Crippen LogP contribution is 2.45. The number of methoxy groups -OCH3 is 1. The number of aromatic nitrogens is 1. The summed E-state index contributed by atoms with van der Waals surface area (Å²) in [5.74, 6) is 0.872. The number of aliphatic hydroxyl groups excluding tert-OH is 1. The van der Waals surface area contributed by atoms with Crippen LogP contribution in [0.25, 0.3) is 5.69 Å². The molecule has 7 nitrogen and oxygen atoms in total. The van der Waals surface area contributed by atoms with Crippen molar-refractivity contribution in [2.75, 3.05) is 32.6 Å². The molecule has 0 radical (unpaired) electrons. The first kappa shape index (κ1) is 22.9. The predicted molar refractivity (Wildman–Crippen MR) is 130 cm³/mol. The number of rotatable bonds is 3. The van der Waals surface area contributed by atoms with Crippen LogP contribution >= 0.6 is 0 Å². The third-order valence-corrected chi connectivity index (χ3v) is 6.57. The molecule has 3 heterocycles. The van der Waals surface area contributed by atoms with Crippen LogP contribution in [0.4, 0.5) is 5.69 Å². The minimum absolute atomic E-state index is 0.0162. The van der Waals surface area contributed by atoms with Crippen LogP contribution < -0.4 is 15.8 Å². The summed E-state index contributed by atoms with van der Waals surface area (Å²) in [6.07, 6.45) is 3.84. The number of hydrogen-bond acceptors (Lipinski definition) is 5. The summed E-state index contributed by atoms with van der Waals surface area (Å²) in [4.78, 5) is 15.0. The van der Waals surface area contributed by atoms with E-state index in [1.54, 1.807) is 31.4 Å². The Kier molecular flexibility index (Phi) is 6.44. The van der Waals surface area contributed by atoms with Crippen LogP contribution in [0.5, 0.6) is 5.75 Å². The highest BCUT2D eigenvalue weighted by molar-refractivity contribution is 5.94. The van der Waals surface area contributed by atoms with Crippen molar-refractivity contribution in [2.45, 2.75) is 31.9 Å². The molecule has 1 amide bonds.